The topological polar surface area (TPSA) is 33.0 Å². The summed E-state index contributed by atoms with van der Waals surface area (Å²) in [5, 5.41) is 10.7. The van der Waals surface area contributed by atoms with Crippen molar-refractivity contribution in [2.75, 3.05) is 0 Å². The lowest BCUT2D eigenvalue weighted by Gasteiger charge is -2.05. The molecule has 0 amide bonds. The predicted molar refractivity (Wildman–Crippen MR) is 63.9 cm³/mol. The van der Waals surface area contributed by atoms with Gasteiger partial charge < -0.3 is 4.74 Å². The van der Waals surface area contributed by atoms with Crippen molar-refractivity contribution in [2.45, 2.75) is 13.2 Å². The summed E-state index contributed by atoms with van der Waals surface area (Å²) in [6, 6.07) is 10.5. The van der Waals surface area contributed by atoms with E-state index >= 15 is 0 Å². The fourth-order valence-corrected chi connectivity index (χ4v) is 2.07. The minimum absolute atomic E-state index is 0.0576. The summed E-state index contributed by atoms with van der Waals surface area (Å²) in [5.41, 5.74) is 0.475. The van der Waals surface area contributed by atoms with Crippen molar-refractivity contribution in [3.8, 4) is 6.07 Å². The van der Waals surface area contributed by atoms with Crippen molar-refractivity contribution in [3.63, 3.8) is 0 Å². The van der Waals surface area contributed by atoms with Crippen LogP contribution in [-0.4, -0.2) is 0 Å². The maximum atomic E-state index is 13.6. The van der Waals surface area contributed by atoms with Gasteiger partial charge >= 0.3 is 0 Å². The van der Waals surface area contributed by atoms with Crippen LogP contribution in [0.2, 0.25) is 0 Å². The molecule has 86 valence electrons. The van der Waals surface area contributed by atoms with Gasteiger partial charge in [0.25, 0.3) is 0 Å². The molecule has 1 heterocycles. The highest BCUT2D eigenvalue weighted by atomic mass is 32.1. The summed E-state index contributed by atoms with van der Waals surface area (Å²) in [6.45, 7) is 0.646. The fourth-order valence-electron chi connectivity index (χ4n) is 1.43. The first-order valence-corrected chi connectivity index (χ1v) is 5.97. The smallest absolute Gasteiger partial charge is 0.146 e. The van der Waals surface area contributed by atoms with E-state index in [2.05, 4.69) is 0 Å². The number of rotatable bonds is 4. The Morgan fingerprint density at radius 3 is 2.82 bits per heavy atom. The largest absolute Gasteiger partial charge is 0.371 e. The molecule has 17 heavy (non-hydrogen) atoms. The molecule has 0 spiro atoms. The zero-order valence-electron chi connectivity index (χ0n) is 9.02. The number of nitriles is 1. The van der Waals surface area contributed by atoms with E-state index in [1.54, 1.807) is 23.5 Å². The Hall–Kier alpha value is -1.70. The van der Waals surface area contributed by atoms with Crippen molar-refractivity contribution < 1.29 is 9.13 Å². The SMILES string of the molecule is N#Cc1cccc(COCc2cccs2)c1F. The molecule has 0 N–H and O–H groups in total. The van der Waals surface area contributed by atoms with E-state index < -0.39 is 5.82 Å². The first-order chi connectivity index (χ1) is 8.31. The second-order valence-corrected chi connectivity index (χ2v) is 4.49. The van der Waals surface area contributed by atoms with E-state index in [-0.39, 0.29) is 12.2 Å². The molecule has 4 heteroatoms. The molecular weight excluding hydrogens is 237 g/mol. The van der Waals surface area contributed by atoms with E-state index in [1.165, 1.54) is 6.07 Å². The van der Waals surface area contributed by atoms with Crippen LogP contribution in [0, 0.1) is 17.1 Å². The highest BCUT2D eigenvalue weighted by molar-refractivity contribution is 7.09. The normalized spacial score (nSPS) is 10.1. The van der Waals surface area contributed by atoms with Crippen LogP contribution >= 0.6 is 11.3 Å². The summed E-state index contributed by atoms with van der Waals surface area (Å²) >= 11 is 1.60. The molecule has 0 aliphatic carbocycles. The summed E-state index contributed by atoms with van der Waals surface area (Å²) < 4.78 is 19.0. The molecule has 2 aromatic rings. The molecule has 0 atom stereocenters. The van der Waals surface area contributed by atoms with Crippen LogP contribution in [0.1, 0.15) is 16.0 Å². The quantitative estimate of drug-likeness (QED) is 0.828. The zero-order valence-corrected chi connectivity index (χ0v) is 9.84. The number of thiophene rings is 1. The highest BCUT2D eigenvalue weighted by Gasteiger charge is 2.07. The van der Waals surface area contributed by atoms with Crippen molar-refractivity contribution in [1.29, 1.82) is 5.26 Å². The van der Waals surface area contributed by atoms with E-state index in [0.29, 0.717) is 12.2 Å². The molecule has 0 bridgehead atoms. The number of benzene rings is 1. The minimum Gasteiger partial charge on any atom is -0.371 e. The van der Waals surface area contributed by atoms with Crippen LogP contribution in [0.3, 0.4) is 0 Å². The molecule has 0 saturated carbocycles. The number of hydrogen-bond acceptors (Lipinski definition) is 3. The second kappa shape index (κ2) is 5.58. The second-order valence-electron chi connectivity index (χ2n) is 3.46. The summed E-state index contributed by atoms with van der Waals surface area (Å²) in [6.07, 6.45) is 0. The van der Waals surface area contributed by atoms with Crippen LogP contribution in [0.4, 0.5) is 4.39 Å². The molecule has 0 aliphatic heterocycles. The number of hydrogen-bond donors (Lipinski definition) is 0. The van der Waals surface area contributed by atoms with Crippen molar-refractivity contribution in [1.82, 2.24) is 0 Å². The van der Waals surface area contributed by atoms with E-state index in [1.807, 2.05) is 23.6 Å². The molecule has 2 rings (SSSR count). The van der Waals surface area contributed by atoms with Crippen molar-refractivity contribution in [3.05, 3.63) is 57.5 Å². The Labute approximate surface area is 103 Å². The van der Waals surface area contributed by atoms with Gasteiger partial charge in [0.05, 0.1) is 18.8 Å². The van der Waals surface area contributed by atoms with Gasteiger partial charge in [-0.2, -0.15) is 5.26 Å². The third-order valence-corrected chi connectivity index (χ3v) is 3.13. The van der Waals surface area contributed by atoms with Crippen LogP contribution in [-0.2, 0) is 18.0 Å². The maximum absolute atomic E-state index is 13.6. The lowest BCUT2D eigenvalue weighted by molar-refractivity contribution is 0.107. The zero-order chi connectivity index (χ0) is 12.1. The Bertz CT molecular complexity index is 531. The maximum Gasteiger partial charge on any atom is 0.146 e. The Morgan fingerprint density at radius 2 is 2.12 bits per heavy atom. The molecule has 0 radical (unpaired) electrons. The lowest BCUT2D eigenvalue weighted by Crippen LogP contribution is -1.97. The van der Waals surface area contributed by atoms with Crippen LogP contribution in [0.25, 0.3) is 0 Å². The van der Waals surface area contributed by atoms with Gasteiger partial charge in [0, 0.05) is 10.4 Å². The van der Waals surface area contributed by atoms with Gasteiger partial charge in [-0.1, -0.05) is 18.2 Å². The first-order valence-electron chi connectivity index (χ1n) is 5.09. The molecule has 0 fully saturated rings. The van der Waals surface area contributed by atoms with E-state index in [4.69, 9.17) is 10.00 Å². The van der Waals surface area contributed by atoms with E-state index in [0.717, 1.165) is 4.88 Å². The molecule has 2 nitrogen and oxygen atoms in total. The van der Waals surface area contributed by atoms with Gasteiger partial charge in [0.2, 0.25) is 0 Å². The monoisotopic (exact) mass is 247 g/mol. The molecular formula is C13H10FNOS. The Morgan fingerprint density at radius 1 is 1.24 bits per heavy atom. The third kappa shape index (κ3) is 2.90. The number of halogens is 1. The van der Waals surface area contributed by atoms with Crippen molar-refractivity contribution in [2.24, 2.45) is 0 Å². The third-order valence-electron chi connectivity index (χ3n) is 2.28. The number of ether oxygens (including phenoxy) is 1. The molecule has 0 aliphatic rings. The van der Waals surface area contributed by atoms with Gasteiger partial charge in [-0.3, -0.25) is 0 Å². The van der Waals surface area contributed by atoms with Gasteiger partial charge in [-0.15, -0.1) is 11.3 Å². The molecule has 1 aromatic carbocycles. The van der Waals surface area contributed by atoms with Gasteiger partial charge in [0.1, 0.15) is 11.9 Å². The molecule has 1 aromatic heterocycles. The minimum atomic E-state index is -0.485. The summed E-state index contributed by atoms with van der Waals surface area (Å²) in [4.78, 5) is 1.10. The number of nitrogens with zero attached hydrogens (tertiary/aromatic N) is 1. The molecule has 0 saturated heterocycles. The average molecular weight is 247 g/mol. The van der Waals surface area contributed by atoms with Gasteiger partial charge in [0.15, 0.2) is 0 Å². The van der Waals surface area contributed by atoms with Crippen LogP contribution in [0.5, 0.6) is 0 Å². The lowest BCUT2D eigenvalue weighted by atomic mass is 10.1. The summed E-state index contributed by atoms with van der Waals surface area (Å²) in [7, 11) is 0. The fraction of sp³-hybridized carbons (Fsp3) is 0.154. The van der Waals surface area contributed by atoms with Crippen LogP contribution < -0.4 is 0 Å². The standard InChI is InChI=1S/C13H10FNOS/c14-13-10(7-15)3-1-4-11(13)8-16-9-12-5-2-6-17-12/h1-6H,8-9H2. The van der Waals surface area contributed by atoms with Gasteiger partial charge in [-0.25, -0.2) is 4.39 Å². The van der Waals surface area contributed by atoms with E-state index in [9.17, 15) is 4.39 Å². The van der Waals surface area contributed by atoms with Crippen molar-refractivity contribution >= 4 is 11.3 Å². The average Bonchev–Trinajstić information content (AvgIpc) is 2.84. The molecule has 0 unspecified atom stereocenters. The predicted octanol–water partition coefficient (Wildman–Crippen LogP) is 3.48. The van der Waals surface area contributed by atoms with Gasteiger partial charge in [-0.05, 0) is 17.5 Å². The van der Waals surface area contributed by atoms with Crippen LogP contribution in [0.15, 0.2) is 35.7 Å². The summed E-state index contributed by atoms with van der Waals surface area (Å²) in [5.74, 6) is -0.485. The highest BCUT2D eigenvalue weighted by Crippen LogP contribution is 2.15. The Kier molecular flexibility index (Phi) is 3.86. The Balaban J connectivity index is 1.98. The first kappa shape index (κ1) is 11.8.